The van der Waals surface area contributed by atoms with E-state index in [2.05, 4.69) is 9.97 Å². The summed E-state index contributed by atoms with van der Waals surface area (Å²) < 4.78 is 10.7. The highest BCUT2D eigenvalue weighted by atomic mass is 16.7. The van der Waals surface area contributed by atoms with E-state index in [4.69, 9.17) is 9.47 Å². The van der Waals surface area contributed by atoms with Crippen LogP contribution in [0.3, 0.4) is 0 Å². The molecule has 2 aromatic heterocycles. The van der Waals surface area contributed by atoms with Gasteiger partial charge in [0.05, 0.1) is 12.1 Å². The monoisotopic (exact) mass is 351 g/mol. The van der Waals surface area contributed by atoms with E-state index in [1.54, 1.807) is 29.4 Å². The van der Waals surface area contributed by atoms with E-state index in [-0.39, 0.29) is 24.8 Å². The molecule has 1 aromatic carbocycles. The van der Waals surface area contributed by atoms with Crippen LogP contribution in [0.5, 0.6) is 11.5 Å². The molecule has 0 aliphatic carbocycles. The van der Waals surface area contributed by atoms with Gasteiger partial charge in [-0.3, -0.25) is 14.6 Å². The van der Waals surface area contributed by atoms with Gasteiger partial charge in [-0.05, 0) is 23.8 Å². The van der Waals surface area contributed by atoms with Crippen molar-refractivity contribution < 1.29 is 14.3 Å². The number of H-pyrrole nitrogens is 1. The Balaban J connectivity index is 1.66. The van der Waals surface area contributed by atoms with E-state index in [0.717, 1.165) is 10.9 Å². The van der Waals surface area contributed by atoms with E-state index in [9.17, 15) is 9.59 Å². The molecule has 3 aromatic rings. The maximum absolute atomic E-state index is 12.5. The first-order valence-electron chi connectivity index (χ1n) is 8.20. The molecule has 7 heteroatoms. The molecule has 0 radical (unpaired) electrons. The van der Waals surface area contributed by atoms with Crippen LogP contribution in [0.15, 0.2) is 47.5 Å². The Morgan fingerprint density at radius 1 is 1.23 bits per heavy atom. The first-order chi connectivity index (χ1) is 12.6. The second-order valence-electron chi connectivity index (χ2n) is 6.15. The molecule has 3 heterocycles. The Bertz CT molecular complexity index is 1030. The molecule has 0 bridgehead atoms. The lowest BCUT2D eigenvalue weighted by Gasteiger charge is -2.21. The molecular weight excluding hydrogens is 334 g/mol. The van der Waals surface area contributed by atoms with E-state index in [1.165, 1.54) is 6.92 Å². The van der Waals surface area contributed by atoms with Crippen molar-refractivity contribution in [3.05, 3.63) is 64.2 Å². The van der Waals surface area contributed by atoms with Crippen molar-refractivity contribution in [3.63, 3.8) is 0 Å². The third-order valence-corrected chi connectivity index (χ3v) is 4.32. The van der Waals surface area contributed by atoms with Crippen LogP contribution in [0, 0.1) is 0 Å². The zero-order valence-electron chi connectivity index (χ0n) is 14.2. The number of nitrogens with zero attached hydrogens (tertiary/aromatic N) is 2. The van der Waals surface area contributed by atoms with Crippen molar-refractivity contribution >= 4 is 16.8 Å². The molecule has 0 saturated heterocycles. The second kappa shape index (κ2) is 6.51. The Hall–Kier alpha value is -3.35. The first kappa shape index (κ1) is 16.1. The fourth-order valence-electron chi connectivity index (χ4n) is 2.95. The number of benzene rings is 1. The standard InChI is InChI=1S/C19H17N3O4/c1-12(23)22(9-13-3-2-4-20-8-13)10-15-5-14-6-17-18(26-11-25-17)7-16(14)21-19(15)24/h2-8H,9-11H2,1H3,(H,21,24). The van der Waals surface area contributed by atoms with Gasteiger partial charge in [0.2, 0.25) is 12.7 Å². The number of carbonyl (C=O) groups excluding carboxylic acids is 1. The number of ether oxygens (including phenoxy) is 2. The molecule has 1 N–H and O–H groups in total. The summed E-state index contributed by atoms with van der Waals surface area (Å²) in [6.07, 6.45) is 3.39. The van der Waals surface area contributed by atoms with Gasteiger partial charge in [-0.15, -0.1) is 0 Å². The van der Waals surface area contributed by atoms with Crippen LogP contribution in [0.1, 0.15) is 18.1 Å². The van der Waals surface area contributed by atoms with E-state index in [1.807, 2.05) is 18.2 Å². The van der Waals surface area contributed by atoms with Gasteiger partial charge in [0.1, 0.15) is 0 Å². The lowest BCUT2D eigenvalue weighted by molar-refractivity contribution is -0.130. The summed E-state index contributed by atoms with van der Waals surface area (Å²) in [5.74, 6) is 1.15. The number of hydrogen-bond donors (Lipinski definition) is 1. The highest BCUT2D eigenvalue weighted by molar-refractivity contribution is 5.83. The van der Waals surface area contributed by atoms with Crippen LogP contribution in [-0.4, -0.2) is 27.6 Å². The molecule has 0 spiro atoms. The zero-order valence-corrected chi connectivity index (χ0v) is 14.2. The number of amides is 1. The summed E-state index contributed by atoms with van der Waals surface area (Å²) in [6, 6.07) is 9.08. The molecule has 1 aliphatic rings. The van der Waals surface area contributed by atoms with Crippen molar-refractivity contribution in [3.8, 4) is 11.5 Å². The van der Waals surface area contributed by atoms with Gasteiger partial charge >= 0.3 is 0 Å². The molecule has 4 rings (SSSR count). The molecule has 1 aliphatic heterocycles. The van der Waals surface area contributed by atoms with Gasteiger partial charge in [0.25, 0.3) is 5.56 Å². The van der Waals surface area contributed by atoms with Crippen molar-refractivity contribution in [2.75, 3.05) is 6.79 Å². The third-order valence-electron chi connectivity index (χ3n) is 4.32. The SMILES string of the molecule is CC(=O)N(Cc1cccnc1)Cc1cc2cc3c(cc2[nH]c1=O)OCO3. The average molecular weight is 351 g/mol. The summed E-state index contributed by atoms with van der Waals surface area (Å²) in [6.45, 7) is 2.27. The number of hydrogen-bond acceptors (Lipinski definition) is 5. The fourth-order valence-corrected chi connectivity index (χ4v) is 2.95. The van der Waals surface area contributed by atoms with Gasteiger partial charge in [0, 0.05) is 42.9 Å². The number of aromatic amines is 1. The summed E-state index contributed by atoms with van der Waals surface area (Å²) in [5.41, 5.74) is 1.86. The molecule has 0 saturated carbocycles. The van der Waals surface area contributed by atoms with Gasteiger partial charge < -0.3 is 19.4 Å². The van der Waals surface area contributed by atoms with Crippen molar-refractivity contribution in [2.24, 2.45) is 0 Å². The van der Waals surface area contributed by atoms with Crippen LogP contribution < -0.4 is 15.0 Å². The van der Waals surface area contributed by atoms with E-state index in [0.29, 0.717) is 29.1 Å². The highest BCUT2D eigenvalue weighted by Gasteiger charge is 2.17. The number of aromatic nitrogens is 2. The Labute approximate surface area is 149 Å². The Morgan fingerprint density at radius 3 is 2.77 bits per heavy atom. The smallest absolute Gasteiger partial charge is 0.253 e. The number of carbonyl (C=O) groups is 1. The van der Waals surface area contributed by atoms with Gasteiger partial charge in [-0.25, -0.2) is 0 Å². The summed E-state index contributed by atoms with van der Waals surface area (Å²) in [7, 11) is 0. The topological polar surface area (TPSA) is 84.5 Å². The predicted molar refractivity (Wildman–Crippen MR) is 94.9 cm³/mol. The number of pyridine rings is 2. The number of nitrogens with one attached hydrogen (secondary N) is 1. The van der Waals surface area contributed by atoms with Crippen molar-refractivity contribution in [1.29, 1.82) is 0 Å². The van der Waals surface area contributed by atoms with Gasteiger partial charge in [-0.1, -0.05) is 6.07 Å². The van der Waals surface area contributed by atoms with Crippen LogP contribution in [-0.2, 0) is 17.9 Å². The fraction of sp³-hybridized carbons (Fsp3) is 0.211. The van der Waals surface area contributed by atoms with Crippen LogP contribution in [0.4, 0.5) is 0 Å². The lowest BCUT2D eigenvalue weighted by atomic mass is 10.1. The normalized spacial score (nSPS) is 12.3. The third kappa shape index (κ3) is 3.11. The highest BCUT2D eigenvalue weighted by Crippen LogP contribution is 2.35. The van der Waals surface area contributed by atoms with Gasteiger partial charge in [-0.2, -0.15) is 0 Å². The van der Waals surface area contributed by atoms with E-state index >= 15 is 0 Å². The van der Waals surface area contributed by atoms with Crippen molar-refractivity contribution in [2.45, 2.75) is 20.0 Å². The molecule has 7 nitrogen and oxygen atoms in total. The minimum Gasteiger partial charge on any atom is -0.454 e. The summed E-state index contributed by atoms with van der Waals surface area (Å²) in [5, 5.41) is 0.828. The number of fused-ring (bicyclic) bond motifs is 2. The molecular formula is C19H17N3O4. The Morgan fingerprint density at radius 2 is 2.04 bits per heavy atom. The molecule has 0 fully saturated rings. The molecule has 26 heavy (non-hydrogen) atoms. The van der Waals surface area contributed by atoms with E-state index < -0.39 is 0 Å². The zero-order chi connectivity index (χ0) is 18.1. The van der Waals surface area contributed by atoms with Crippen LogP contribution in [0.2, 0.25) is 0 Å². The number of rotatable bonds is 4. The molecule has 132 valence electrons. The minimum atomic E-state index is -0.228. The maximum atomic E-state index is 12.5. The summed E-state index contributed by atoms with van der Waals surface area (Å²) >= 11 is 0. The quantitative estimate of drug-likeness (QED) is 0.779. The molecule has 0 unspecified atom stereocenters. The molecule has 0 atom stereocenters. The molecule has 1 amide bonds. The average Bonchev–Trinajstić information content (AvgIpc) is 3.08. The largest absolute Gasteiger partial charge is 0.454 e. The Kier molecular flexibility index (Phi) is 4.04. The lowest BCUT2D eigenvalue weighted by Crippen LogP contribution is -2.30. The van der Waals surface area contributed by atoms with Crippen LogP contribution >= 0.6 is 0 Å². The first-order valence-corrected chi connectivity index (χ1v) is 8.20. The predicted octanol–water partition coefficient (Wildman–Crippen LogP) is 2.20. The van der Waals surface area contributed by atoms with Gasteiger partial charge in [0.15, 0.2) is 11.5 Å². The van der Waals surface area contributed by atoms with Crippen LogP contribution in [0.25, 0.3) is 10.9 Å². The minimum absolute atomic E-state index is 0.112. The second-order valence-corrected chi connectivity index (χ2v) is 6.15. The summed E-state index contributed by atoms with van der Waals surface area (Å²) in [4.78, 5) is 33.0. The van der Waals surface area contributed by atoms with Crippen molar-refractivity contribution in [1.82, 2.24) is 14.9 Å². The maximum Gasteiger partial charge on any atom is 0.253 e.